The van der Waals surface area contributed by atoms with Crippen molar-refractivity contribution in [3.63, 3.8) is 0 Å². The minimum Gasteiger partial charge on any atom is -0.458 e. The van der Waals surface area contributed by atoms with E-state index in [1.807, 2.05) is 39.0 Å². The standard InChI is InChI=1S/C29H34O6/c1-14-9-17-10-19-20-13-29(33)12-16-5-8-24(31)35-28(3,4)21(16)6-7-22(29)18(20)11-23(30)25(19)15(2)26(17)34-27(14)32/h5,8-9,12,15,17-18,20-22,26,33H,6-7,10-11,13H2,1-4H3/t15-,17+,18+,20+,21+,22-,26-,29+/m0/s1. The monoisotopic (exact) mass is 478 g/mol. The summed E-state index contributed by atoms with van der Waals surface area (Å²) in [6.07, 6.45) is 10.3. The zero-order chi connectivity index (χ0) is 24.9. The summed E-state index contributed by atoms with van der Waals surface area (Å²) in [7, 11) is 0. The van der Waals surface area contributed by atoms with Crippen molar-refractivity contribution in [2.45, 2.75) is 77.1 Å². The molecule has 0 amide bonds. The van der Waals surface area contributed by atoms with Gasteiger partial charge < -0.3 is 14.6 Å². The first kappa shape index (κ1) is 23.0. The van der Waals surface area contributed by atoms with E-state index >= 15 is 0 Å². The van der Waals surface area contributed by atoms with Crippen molar-refractivity contribution in [3.05, 3.63) is 46.6 Å². The topological polar surface area (TPSA) is 89.9 Å². The maximum Gasteiger partial charge on any atom is 0.333 e. The van der Waals surface area contributed by atoms with Gasteiger partial charge in [0.05, 0.1) is 5.60 Å². The van der Waals surface area contributed by atoms with Crippen molar-refractivity contribution >= 4 is 17.7 Å². The van der Waals surface area contributed by atoms with Crippen molar-refractivity contribution in [1.29, 1.82) is 0 Å². The molecule has 0 aromatic heterocycles. The Labute approximate surface area is 206 Å². The number of ether oxygens (including phenoxy) is 2. The minimum absolute atomic E-state index is 0.00726. The van der Waals surface area contributed by atoms with Crippen molar-refractivity contribution in [1.82, 2.24) is 0 Å². The van der Waals surface area contributed by atoms with E-state index in [-0.39, 0.29) is 59.3 Å². The first-order valence-corrected chi connectivity index (χ1v) is 13.0. The number of fused-ring (bicyclic) bond motifs is 6. The number of cyclic esters (lactones) is 1. The van der Waals surface area contributed by atoms with Crippen molar-refractivity contribution in [2.75, 3.05) is 0 Å². The van der Waals surface area contributed by atoms with Crippen LogP contribution in [0.2, 0.25) is 0 Å². The van der Waals surface area contributed by atoms with E-state index in [4.69, 9.17) is 9.47 Å². The molecule has 186 valence electrons. The summed E-state index contributed by atoms with van der Waals surface area (Å²) in [6, 6.07) is 0. The van der Waals surface area contributed by atoms with Gasteiger partial charge in [0.1, 0.15) is 11.7 Å². The van der Waals surface area contributed by atoms with Gasteiger partial charge in [-0.3, -0.25) is 4.79 Å². The molecule has 0 spiro atoms. The van der Waals surface area contributed by atoms with Gasteiger partial charge in [-0.15, -0.1) is 0 Å². The van der Waals surface area contributed by atoms with Crippen LogP contribution < -0.4 is 0 Å². The van der Waals surface area contributed by atoms with Crippen LogP contribution in [0.5, 0.6) is 0 Å². The molecule has 6 heteroatoms. The second kappa shape index (κ2) is 7.52. The summed E-state index contributed by atoms with van der Waals surface area (Å²) in [6.45, 7) is 7.68. The first-order valence-electron chi connectivity index (χ1n) is 13.0. The van der Waals surface area contributed by atoms with E-state index in [1.165, 1.54) is 11.6 Å². The number of esters is 2. The van der Waals surface area contributed by atoms with Gasteiger partial charge in [0.15, 0.2) is 5.78 Å². The van der Waals surface area contributed by atoms with Gasteiger partial charge in [-0.2, -0.15) is 0 Å². The molecule has 2 heterocycles. The molecule has 1 saturated carbocycles. The maximum absolute atomic E-state index is 13.5. The molecule has 1 N–H and O–H groups in total. The average molecular weight is 479 g/mol. The Morgan fingerprint density at radius 3 is 2.63 bits per heavy atom. The third kappa shape index (κ3) is 3.35. The van der Waals surface area contributed by atoms with Crippen LogP contribution in [0.25, 0.3) is 0 Å². The van der Waals surface area contributed by atoms with Crippen LogP contribution in [0.3, 0.4) is 0 Å². The van der Waals surface area contributed by atoms with Crippen LogP contribution in [-0.4, -0.2) is 40.1 Å². The van der Waals surface area contributed by atoms with Gasteiger partial charge >= 0.3 is 11.9 Å². The summed E-state index contributed by atoms with van der Waals surface area (Å²) in [5.41, 5.74) is 1.92. The summed E-state index contributed by atoms with van der Waals surface area (Å²) in [5.74, 6) is -0.321. The quantitative estimate of drug-likeness (QED) is 0.530. The summed E-state index contributed by atoms with van der Waals surface area (Å²) >= 11 is 0. The Bertz CT molecular complexity index is 1150. The van der Waals surface area contributed by atoms with Gasteiger partial charge in [0, 0.05) is 41.4 Å². The predicted molar refractivity (Wildman–Crippen MR) is 128 cm³/mol. The van der Waals surface area contributed by atoms with Crippen LogP contribution in [-0.2, 0) is 23.9 Å². The summed E-state index contributed by atoms with van der Waals surface area (Å²) in [4.78, 5) is 37.9. The number of hydrogen-bond donors (Lipinski definition) is 1. The van der Waals surface area contributed by atoms with Crippen LogP contribution >= 0.6 is 0 Å². The van der Waals surface area contributed by atoms with Gasteiger partial charge in [-0.1, -0.05) is 24.6 Å². The molecule has 0 aromatic rings. The second-order valence-electron chi connectivity index (χ2n) is 12.1. The molecule has 0 unspecified atom stereocenters. The van der Waals surface area contributed by atoms with Gasteiger partial charge in [0.2, 0.25) is 0 Å². The lowest BCUT2D eigenvalue weighted by Gasteiger charge is -2.44. The molecule has 6 rings (SSSR count). The largest absolute Gasteiger partial charge is 0.458 e. The zero-order valence-corrected chi connectivity index (χ0v) is 20.9. The summed E-state index contributed by atoms with van der Waals surface area (Å²) in [5, 5.41) is 12.1. The molecule has 0 aromatic carbocycles. The molecule has 0 radical (unpaired) electrons. The third-order valence-corrected chi connectivity index (χ3v) is 9.79. The number of aliphatic hydroxyl groups is 1. The lowest BCUT2D eigenvalue weighted by Crippen LogP contribution is -2.45. The van der Waals surface area contributed by atoms with Crippen molar-refractivity contribution < 1.29 is 29.0 Å². The van der Waals surface area contributed by atoms with E-state index < -0.39 is 11.2 Å². The average Bonchev–Trinajstić information content (AvgIpc) is 2.87. The number of hydrogen-bond acceptors (Lipinski definition) is 6. The third-order valence-electron chi connectivity index (χ3n) is 9.79. The normalized spacial score (nSPS) is 43.8. The van der Waals surface area contributed by atoms with Gasteiger partial charge in [0.25, 0.3) is 0 Å². The highest BCUT2D eigenvalue weighted by atomic mass is 16.6. The SMILES string of the molecule is CC1=C[C@@H]2CC3=C(C(=O)C[C@@H]4[C@H]3C[C@]3(O)C=C5C=CC(=O)OC(C)(C)[C@@H]5CC[C@@H]43)[C@H](C)[C@@H]2OC1=O. The fourth-order valence-corrected chi connectivity index (χ4v) is 8.31. The molecule has 0 saturated heterocycles. The Hall–Kier alpha value is -2.47. The Morgan fingerprint density at radius 2 is 1.86 bits per heavy atom. The van der Waals surface area contributed by atoms with E-state index in [1.54, 1.807) is 6.92 Å². The van der Waals surface area contributed by atoms with Crippen molar-refractivity contribution in [3.8, 4) is 0 Å². The van der Waals surface area contributed by atoms with Gasteiger partial charge in [-0.05, 0) is 75.9 Å². The Kier molecular flexibility index (Phi) is 4.93. The van der Waals surface area contributed by atoms with Gasteiger partial charge in [-0.25, -0.2) is 9.59 Å². The number of ketones is 1. The molecule has 6 aliphatic rings. The number of carbonyl (C=O) groups excluding carboxylic acids is 3. The number of rotatable bonds is 0. The highest BCUT2D eigenvalue weighted by molar-refractivity contribution is 5.98. The first-order chi connectivity index (χ1) is 16.5. The number of carbonyl (C=O) groups is 3. The fourth-order valence-electron chi connectivity index (χ4n) is 8.31. The Balaban J connectivity index is 1.39. The molecule has 1 fully saturated rings. The molecule has 6 nitrogen and oxygen atoms in total. The highest BCUT2D eigenvalue weighted by Gasteiger charge is 2.58. The van der Waals surface area contributed by atoms with E-state index in [9.17, 15) is 19.5 Å². The van der Waals surface area contributed by atoms with E-state index in [0.29, 0.717) is 24.8 Å². The van der Waals surface area contributed by atoms with Crippen molar-refractivity contribution in [2.24, 2.45) is 35.5 Å². The Morgan fingerprint density at radius 1 is 1.09 bits per heavy atom. The lowest BCUT2D eigenvalue weighted by atomic mass is 9.62. The molecular weight excluding hydrogens is 444 g/mol. The highest BCUT2D eigenvalue weighted by Crippen LogP contribution is 2.60. The summed E-state index contributed by atoms with van der Waals surface area (Å²) < 4.78 is 11.5. The fraction of sp³-hybridized carbons (Fsp3) is 0.621. The smallest absolute Gasteiger partial charge is 0.333 e. The number of allylic oxidation sites excluding steroid dienone is 2. The molecule has 35 heavy (non-hydrogen) atoms. The number of Topliss-reactive ketones (excluding diaryl/α,β-unsaturated/α-hetero) is 1. The second-order valence-corrected chi connectivity index (χ2v) is 12.1. The van der Waals surface area contributed by atoms with Crippen LogP contribution in [0.15, 0.2) is 46.6 Å². The van der Waals surface area contributed by atoms with Crippen LogP contribution in [0.4, 0.5) is 0 Å². The predicted octanol–water partition coefficient (Wildman–Crippen LogP) is 3.99. The zero-order valence-electron chi connectivity index (χ0n) is 20.9. The molecule has 8 atom stereocenters. The van der Waals surface area contributed by atoms with Crippen LogP contribution in [0.1, 0.15) is 59.8 Å². The molecule has 2 aliphatic heterocycles. The molecule has 0 bridgehead atoms. The maximum atomic E-state index is 13.5. The van der Waals surface area contributed by atoms with E-state index in [2.05, 4.69) is 0 Å². The van der Waals surface area contributed by atoms with Crippen LogP contribution in [0, 0.1) is 35.5 Å². The molecule has 4 aliphatic carbocycles. The lowest BCUT2D eigenvalue weighted by molar-refractivity contribution is -0.153. The molecular formula is C29H34O6. The minimum atomic E-state index is -1.03. The van der Waals surface area contributed by atoms with E-state index in [0.717, 1.165) is 24.0 Å².